The zero-order valence-corrected chi connectivity index (χ0v) is 27.3. The maximum atomic E-state index is 5.17. The lowest BCUT2D eigenvalue weighted by molar-refractivity contribution is 1.07. The second kappa shape index (κ2) is 12.4. The molecule has 0 aliphatic carbocycles. The third-order valence-electron chi connectivity index (χ3n) is 9.00. The Morgan fingerprint density at radius 3 is 1.33 bits per heavy atom. The topological polar surface area (TPSA) is 38.7 Å². The molecule has 0 atom stereocenters. The third-order valence-corrected chi connectivity index (χ3v) is 10.2. The van der Waals surface area contributed by atoms with Crippen molar-refractivity contribution in [3.8, 4) is 67.5 Å². The van der Waals surface area contributed by atoms with Gasteiger partial charge in [-0.15, -0.1) is 11.3 Å². The molecule has 4 heteroatoms. The molecule has 0 radical (unpaired) electrons. The van der Waals surface area contributed by atoms with Crippen LogP contribution in [0.25, 0.3) is 87.7 Å². The Balaban J connectivity index is 1.21. The molecule has 0 saturated heterocycles. The number of nitrogens with zero attached hydrogens (tertiary/aromatic N) is 3. The summed E-state index contributed by atoms with van der Waals surface area (Å²) in [5.41, 5.74) is 9.65. The molecule has 9 aromatic rings. The van der Waals surface area contributed by atoms with Crippen LogP contribution in [0, 0.1) is 0 Å². The molecule has 0 bridgehead atoms. The predicted octanol–water partition coefficient (Wildman–Crippen LogP) is 12.2. The van der Waals surface area contributed by atoms with Gasteiger partial charge in [-0.1, -0.05) is 170 Å². The Hall–Kier alpha value is -6.23. The molecule has 9 rings (SSSR count). The first-order valence-electron chi connectivity index (χ1n) is 16.4. The van der Waals surface area contributed by atoms with E-state index in [4.69, 9.17) is 15.0 Å². The first-order valence-corrected chi connectivity index (χ1v) is 17.2. The number of rotatable bonds is 6. The number of aromatic nitrogens is 3. The molecule has 0 saturated carbocycles. The smallest absolute Gasteiger partial charge is 0.164 e. The van der Waals surface area contributed by atoms with Gasteiger partial charge >= 0.3 is 0 Å². The molecule has 2 aromatic heterocycles. The molecule has 0 N–H and O–H groups in total. The number of fused-ring (bicyclic) bond motifs is 3. The van der Waals surface area contributed by atoms with Gasteiger partial charge in [-0.05, 0) is 39.4 Å². The molecule has 3 nitrogen and oxygen atoms in total. The van der Waals surface area contributed by atoms with Crippen molar-refractivity contribution >= 4 is 31.5 Å². The van der Waals surface area contributed by atoms with Gasteiger partial charge in [0.25, 0.3) is 0 Å². The SMILES string of the molecule is c1ccc(-c2ccccc2-c2nc(-c3ccc(-c4cccc5c4sc4ccccc45)cc3)nc(-c3ccccc3-c3ccccc3)n2)cc1. The molecule has 230 valence electrons. The van der Waals surface area contributed by atoms with Crippen LogP contribution in [-0.4, -0.2) is 15.0 Å². The fourth-order valence-electron chi connectivity index (χ4n) is 6.61. The van der Waals surface area contributed by atoms with Gasteiger partial charge in [0.05, 0.1) is 0 Å². The predicted molar refractivity (Wildman–Crippen MR) is 205 cm³/mol. The van der Waals surface area contributed by atoms with Crippen LogP contribution in [0.2, 0.25) is 0 Å². The highest BCUT2D eigenvalue weighted by Gasteiger charge is 2.18. The first-order chi connectivity index (χ1) is 24.3. The van der Waals surface area contributed by atoms with Crippen molar-refractivity contribution in [3.63, 3.8) is 0 Å². The number of benzene rings is 7. The number of hydrogen-bond acceptors (Lipinski definition) is 4. The van der Waals surface area contributed by atoms with E-state index in [0.717, 1.165) is 38.9 Å². The molecule has 0 unspecified atom stereocenters. The van der Waals surface area contributed by atoms with Crippen molar-refractivity contribution < 1.29 is 0 Å². The standard InChI is InChI=1S/C45H29N3S/c1-3-14-30(15-4-1)34-18-7-9-21-39(34)44-46-43(47-45(48-44)40-22-10-8-19-35(40)31-16-5-2-6-17-31)33-28-26-32(27-29-33)36-23-13-24-38-37-20-11-12-25-41(37)49-42(36)38/h1-29H. The zero-order valence-electron chi connectivity index (χ0n) is 26.5. The van der Waals surface area contributed by atoms with Gasteiger partial charge in [-0.2, -0.15) is 0 Å². The van der Waals surface area contributed by atoms with Crippen LogP contribution in [-0.2, 0) is 0 Å². The zero-order chi connectivity index (χ0) is 32.6. The summed E-state index contributed by atoms with van der Waals surface area (Å²) in [5, 5.41) is 2.60. The minimum atomic E-state index is 0.636. The van der Waals surface area contributed by atoms with Crippen LogP contribution < -0.4 is 0 Å². The molecule has 0 aliphatic heterocycles. The summed E-state index contributed by atoms with van der Waals surface area (Å²) in [6.45, 7) is 0. The van der Waals surface area contributed by atoms with Gasteiger partial charge in [0.2, 0.25) is 0 Å². The Labute approximate surface area is 288 Å². The molecular weight excluding hydrogens is 615 g/mol. The van der Waals surface area contributed by atoms with E-state index in [1.54, 1.807) is 0 Å². The first kappa shape index (κ1) is 29.0. The summed E-state index contributed by atoms with van der Waals surface area (Å²) >= 11 is 1.85. The van der Waals surface area contributed by atoms with E-state index in [0.29, 0.717) is 17.5 Å². The lowest BCUT2D eigenvalue weighted by Gasteiger charge is -2.14. The summed E-state index contributed by atoms with van der Waals surface area (Å²) < 4.78 is 2.61. The minimum absolute atomic E-state index is 0.636. The summed E-state index contributed by atoms with van der Waals surface area (Å²) in [6, 6.07) is 61.4. The quantitative estimate of drug-likeness (QED) is 0.181. The largest absolute Gasteiger partial charge is 0.208 e. The molecule has 7 aromatic carbocycles. The second-order valence-corrected chi connectivity index (χ2v) is 13.0. The van der Waals surface area contributed by atoms with Crippen LogP contribution in [0.1, 0.15) is 0 Å². The highest BCUT2D eigenvalue weighted by atomic mass is 32.1. The van der Waals surface area contributed by atoms with Crippen molar-refractivity contribution in [2.45, 2.75) is 0 Å². The fraction of sp³-hybridized carbons (Fsp3) is 0. The van der Waals surface area contributed by atoms with Gasteiger partial charge in [-0.25, -0.2) is 15.0 Å². The van der Waals surface area contributed by atoms with E-state index in [2.05, 4.69) is 152 Å². The van der Waals surface area contributed by atoms with E-state index >= 15 is 0 Å². The average Bonchev–Trinajstić information content (AvgIpc) is 3.58. The maximum Gasteiger partial charge on any atom is 0.164 e. The highest BCUT2D eigenvalue weighted by molar-refractivity contribution is 7.26. The van der Waals surface area contributed by atoms with Crippen molar-refractivity contribution in [1.29, 1.82) is 0 Å². The van der Waals surface area contributed by atoms with Crippen molar-refractivity contribution in [2.75, 3.05) is 0 Å². The number of hydrogen-bond donors (Lipinski definition) is 0. The van der Waals surface area contributed by atoms with Crippen molar-refractivity contribution in [1.82, 2.24) is 15.0 Å². The normalized spacial score (nSPS) is 11.3. The van der Waals surface area contributed by atoms with Gasteiger partial charge in [0, 0.05) is 36.9 Å². The van der Waals surface area contributed by atoms with Crippen LogP contribution in [0.3, 0.4) is 0 Å². The highest BCUT2D eigenvalue weighted by Crippen LogP contribution is 2.40. The Bertz CT molecular complexity index is 2490. The van der Waals surface area contributed by atoms with Crippen LogP contribution in [0.15, 0.2) is 176 Å². The lowest BCUT2D eigenvalue weighted by Crippen LogP contribution is -2.02. The van der Waals surface area contributed by atoms with Crippen LogP contribution in [0.4, 0.5) is 0 Å². The molecule has 0 amide bonds. The monoisotopic (exact) mass is 643 g/mol. The van der Waals surface area contributed by atoms with Crippen LogP contribution in [0.5, 0.6) is 0 Å². The summed E-state index contributed by atoms with van der Waals surface area (Å²) in [6.07, 6.45) is 0. The lowest BCUT2D eigenvalue weighted by atomic mass is 9.98. The van der Waals surface area contributed by atoms with Crippen LogP contribution >= 0.6 is 11.3 Å². The number of thiophene rings is 1. The molecular formula is C45H29N3S. The van der Waals surface area contributed by atoms with E-state index in [1.165, 1.54) is 31.3 Å². The molecule has 0 aliphatic rings. The third kappa shape index (κ3) is 5.38. The minimum Gasteiger partial charge on any atom is -0.208 e. The van der Waals surface area contributed by atoms with Gasteiger partial charge < -0.3 is 0 Å². The molecule has 2 heterocycles. The van der Waals surface area contributed by atoms with Gasteiger partial charge in [0.15, 0.2) is 17.5 Å². The van der Waals surface area contributed by atoms with Crippen molar-refractivity contribution in [2.24, 2.45) is 0 Å². The van der Waals surface area contributed by atoms with E-state index in [1.807, 2.05) is 35.6 Å². The maximum absolute atomic E-state index is 5.17. The van der Waals surface area contributed by atoms with Crippen molar-refractivity contribution in [3.05, 3.63) is 176 Å². The Kier molecular flexibility index (Phi) is 7.34. The van der Waals surface area contributed by atoms with E-state index in [9.17, 15) is 0 Å². The van der Waals surface area contributed by atoms with Gasteiger partial charge in [0.1, 0.15) is 0 Å². The summed E-state index contributed by atoms with van der Waals surface area (Å²) in [4.78, 5) is 15.5. The molecule has 0 fully saturated rings. The van der Waals surface area contributed by atoms with Gasteiger partial charge in [-0.3, -0.25) is 0 Å². The summed E-state index contributed by atoms with van der Waals surface area (Å²) in [7, 11) is 0. The fourth-order valence-corrected chi connectivity index (χ4v) is 7.85. The second-order valence-electron chi connectivity index (χ2n) is 12.0. The Morgan fingerprint density at radius 1 is 0.286 bits per heavy atom. The molecule has 0 spiro atoms. The van der Waals surface area contributed by atoms with E-state index in [-0.39, 0.29) is 0 Å². The molecule has 49 heavy (non-hydrogen) atoms. The average molecular weight is 644 g/mol. The summed E-state index contributed by atoms with van der Waals surface area (Å²) in [5.74, 6) is 1.92. The Morgan fingerprint density at radius 2 is 0.714 bits per heavy atom. The van der Waals surface area contributed by atoms with E-state index < -0.39 is 0 Å².